The molecule has 23 heavy (non-hydrogen) atoms. The van der Waals surface area contributed by atoms with Crippen LogP contribution >= 0.6 is 0 Å². The SMILES string of the molecule is COC(=O)c1cc(-c2ccc(C)cc2)nc2onc(C(C)C)c12. The molecule has 0 atom stereocenters. The van der Waals surface area contributed by atoms with E-state index in [1.165, 1.54) is 7.11 Å². The number of aryl methyl sites for hydroxylation is 1. The Balaban J connectivity index is 2.26. The number of carbonyl (C=O) groups excluding carboxylic acids is 1. The van der Waals surface area contributed by atoms with E-state index in [-0.39, 0.29) is 5.92 Å². The zero-order chi connectivity index (χ0) is 16.6. The normalized spacial score (nSPS) is 11.2. The number of hydrogen-bond donors (Lipinski definition) is 0. The van der Waals surface area contributed by atoms with Gasteiger partial charge >= 0.3 is 5.97 Å². The van der Waals surface area contributed by atoms with Crippen molar-refractivity contribution in [3.63, 3.8) is 0 Å². The van der Waals surface area contributed by atoms with Gasteiger partial charge in [-0.2, -0.15) is 0 Å². The number of carbonyl (C=O) groups is 1. The number of pyridine rings is 1. The molecular formula is C18H18N2O3. The van der Waals surface area contributed by atoms with Crippen molar-refractivity contribution in [3.05, 3.63) is 47.2 Å². The van der Waals surface area contributed by atoms with Crippen LogP contribution in [0, 0.1) is 6.92 Å². The molecule has 0 unspecified atom stereocenters. The number of fused-ring (bicyclic) bond motifs is 1. The first kappa shape index (κ1) is 15.2. The topological polar surface area (TPSA) is 65.2 Å². The van der Waals surface area contributed by atoms with E-state index in [1.54, 1.807) is 6.07 Å². The van der Waals surface area contributed by atoms with Crippen LogP contribution < -0.4 is 0 Å². The van der Waals surface area contributed by atoms with Crippen molar-refractivity contribution in [1.82, 2.24) is 10.1 Å². The van der Waals surface area contributed by atoms with Crippen LogP contribution in [-0.4, -0.2) is 23.2 Å². The van der Waals surface area contributed by atoms with Crippen molar-refractivity contribution in [2.24, 2.45) is 0 Å². The molecule has 2 aromatic heterocycles. The molecule has 0 radical (unpaired) electrons. The second-order valence-electron chi connectivity index (χ2n) is 5.82. The van der Waals surface area contributed by atoms with Gasteiger partial charge in [0.05, 0.1) is 29.4 Å². The number of nitrogens with zero attached hydrogens (tertiary/aromatic N) is 2. The number of ether oxygens (including phenoxy) is 1. The third kappa shape index (κ3) is 2.70. The molecule has 118 valence electrons. The molecular weight excluding hydrogens is 292 g/mol. The van der Waals surface area contributed by atoms with Gasteiger partial charge in [0, 0.05) is 5.56 Å². The predicted molar refractivity (Wildman–Crippen MR) is 87.4 cm³/mol. The van der Waals surface area contributed by atoms with Gasteiger partial charge in [-0.05, 0) is 18.9 Å². The van der Waals surface area contributed by atoms with Crippen LogP contribution in [0.5, 0.6) is 0 Å². The quantitative estimate of drug-likeness (QED) is 0.681. The largest absolute Gasteiger partial charge is 0.465 e. The summed E-state index contributed by atoms with van der Waals surface area (Å²) < 4.78 is 10.3. The average molecular weight is 310 g/mol. The predicted octanol–water partition coefficient (Wildman–Crippen LogP) is 4.11. The Labute approximate surface area is 134 Å². The van der Waals surface area contributed by atoms with Crippen LogP contribution in [0.15, 0.2) is 34.9 Å². The maximum Gasteiger partial charge on any atom is 0.338 e. The van der Waals surface area contributed by atoms with Crippen LogP contribution in [0.25, 0.3) is 22.4 Å². The fourth-order valence-corrected chi connectivity index (χ4v) is 2.51. The van der Waals surface area contributed by atoms with E-state index >= 15 is 0 Å². The molecule has 0 bridgehead atoms. The molecule has 0 N–H and O–H groups in total. The smallest absolute Gasteiger partial charge is 0.338 e. The number of hydrogen-bond acceptors (Lipinski definition) is 5. The molecule has 0 saturated heterocycles. The Morgan fingerprint density at radius 3 is 2.52 bits per heavy atom. The molecule has 0 saturated carbocycles. The van der Waals surface area contributed by atoms with Crippen LogP contribution in [0.1, 0.15) is 41.4 Å². The lowest BCUT2D eigenvalue weighted by atomic mass is 10.0. The van der Waals surface area contributed by atoms with E-state index in [0.29, 0.717) is 28.1 Å². The van der Waals surface area contributed by atoms with E-state index in [1.807, 2.05) is 45.0 Å². The van der Waals surface area contributed by atoms with Crippen molar-refractivity contribution in [1.29, 1.82) is 0 Å². The lowest BCUT2D eigenvalue weighted by molar-refractivity contribution is 0.0603. The summed E-state index contributed by atoms with van der Waals surface area (Å²) in [7, 11) is 1.36. The van der Waals surface area contributed by atoms with Crippen molar-refractivity contribution in [3.8, 4) is 11.3 Å². The van der Waals surface area contributed by atoms with Gasteiger partial charge in [0.2, 0.25) is 0 Å². The molecule has 0 aliphatic carbocycles. The number of benzene rings is 1. The van der Waals surface area contributed by atoms with Crippen molar-refractivity contribution < 1.29 is 14.1 Å². The second-order valence-corrected chi connectivity index (χ2v) is 5.82. The first-order valence-corrected chi connectivity index (χ1v) is 7.47. The number of esters is 1. The van der Waals surface area contributed by atoms with Crippen molar-refractivity contribution >= 4 is 17.1 Å². The molecule has 0 fully saturated rings. The van der Waals surface area contributed by atoms with Crippen LogP contribution in [0.2, 0.25) is 0 Å². The zero-order valence-electron chi connectivity index (χ0n) is 13.6. The average Bonchev–Trinajstić information content (AvgIpc) is 2.98. The number of aromatic nitrogens is 2. The van der Waals surface area contributed by atoms with Gasteiger partial charge in [-0.3, -0.25) is 0 Å². The maximum atomic E-state index is 12.2. The van der Waals surface area contributed by atoms with Gasteiger partial charge in [0.25, 0.3) is 5.71 Å². The summed E-state index contributed by atoms with van der Waals surface area (Å²) in [5.74, 6) is -0.303. The summed E-state index contributed by atoms with van der Waals surface area (Å²) in [4.78, 5) is 16.7. The summed E-state index contributed by atoms with van der Waals surface area (Å²) in [6, 6.07) is 9.66. The fourth-order valence-electron chi connectivity index (χ4n) is 2.51. The molecule has 0 aliphatic heterocycles. The lowest BCUT2D eigenvalue weighted by Crippen LogP contribution is -2.04. The minimum absolute atomic E-state index is 0.117. The minimum Gasteiger partial charge on any atom is -0.465 e. The van der Waals surface area contributed by atoms with Crippen LogP contribution in [-0.2, 0) is 4.74 Å². The Morgan fingerprint density at radius 1 is 1.22 bits per heavy atom. The Bertz CT molecular complexity index is 864. The number of rotatable bonds is 3. The molecule has 1 aromatic carbocycles. The molecule has 5 heteroatoms. The summed E-state index contributed by atoms with van der Waals surface area (Å²) in [6.07, 6.45) is 0. The molecule has 0 amide bonds. The highest BCUT2D eigenvalue weighted by Crippen LogP contribution is 2.31. The Hall–Kier alpha value is -2.69. The standard InChI is InChI=1S/C18H18N2O3/c1-10(2)16-15-13(18(21)22-4)9-14(19-17(15)23-20-16)12-7-5-11(3)6-8-12/h5-10H,1-4H3. The Kier molecular flexibility index (Phi) is 3.86. The van der Waals surface area contributed by atoms with E-state index in [2.05, 4.69) is 10.1 Å². The van der Waals surface area contributed by atoms with Gasteiger partial charge < -0.3 is 9.26 Å². The zero-order valence-corrected chi connectivity index (χ0v) is 13.6. The van der Waals surface area contributed by atoms with Crippen molar-refractivity contribution in [2.75, 3.05) is 7.11 Å². The van der Waals surface area contributed by atoms with Gasteiger partial charge in [0.15, 0.2) is 0 Å². The van der Waals surface area contributed by atoms with Gasteiger partial charge in [-0.15, -0.1) is 0 Å². The molecule has 3 rings (SSSR count). The van der Waals surface area contributed by atoms with Gasteiger partial charge in [-0.1, -0.05) is 48.8 Å². The van der Waals surface area contributed by atoms with E-state index in [9.17, 15) is 4.79 Å². The number of methoxy groups -OCH3 is 1. The molecule has 3 aromatic rings. The highest BCUT2D eigenvalue weighted by Gasteiger charge is 2.22. The third-order valence-electron chi connectivity index (χ3n) is 3.77. The van der Waals surface area contributed by atoms with E-state index in [4.69, 9.17) is 9.26 Å². The minimum atomic E-state index is -0.420. The third-order valence-corrected chi connectivity index (χ3v) is 3.77. The maximum absolute atomic E-state index is 12.2. The highest BCUT2D eigenvalue weighted by atomic mass is 16.5. The van der Waals surface area contributed by atoms with Crippen LogP contribution in [0.3, 0.4) is 0 Å². The van der Waals surface area contributed by atoms with Crippen molar-refractivity contribution in [2.45, 2.75) is 26.7 Å². The summed E-state index contributed by atoms with van der Waals surface area (Å²) in [6.45, 7) is 6.00. The molecule has 0 aliphatic rings. The van der Waals surface area contributed by atoms with E-state index in [0.717, 1.165) is 11.1 Å². The Morgan fingerprint density at radius 2 is 1.91 bits per heavy atom. The van der Waals surface area contributed by atoms with Crippen LogP contribution in [0.4, 0.5) is 0 Å². The van der Waals surface area contributed by atoms with Gasteiger partial charge in [0.1, 0.15) is 0 Å². The van der Waals surface area contributed by atoms with Gasteiger partial charge in [-0.25, -0.2) is 9.78 Å². The second kappa shape index (κ2) is 5.83. The van der Waals surface area contributed by atoms with E-state index < -0.39 is 5.97 Å². The fraction of sp³-hybridized carbons (Fsp3) is 0.278. The molecule has 0 spiro atoms. The molecule has 5 nitrogen and oxygen atoms in total. The first-order valence-electron chi connectivity index (χ1n) is 7.47. The lowest BCUT2D eigenvalue weighted by Gasteiger charge is -2.07. The monoisotopic (exact) mass is 310 g/mol. The summed E-state index contributed by atoms with van der Waals surface area (Å²) >= 11 is 0. The first-order chi connectivity index (χ1) is 11.0. The highest BCUT2D eigenvalue weighted by molar-refractivity contribution is 6.04. The summed E-state index contributed by atoms with van der Waals surface area (Å²) in [5, 5.41) is 4.70. The molecule has 2 heterocycles. The summed E-state index contributed by atoms with van der Waals surface area (Å²) in [5.41, 5.74) is 4.22.